The molecule has 8 heteroatoms. The monoisotopic (exact) mass is 316 g/mol. The Morgan fingerprint density at radius 3 is 2.62 bits per heavy atom. The van der Waals surface area contributed by atoms with E-state index in [1.807, 2.05) is 0 Å². The zero-order chi connectivity index (χ0) is 15.4. The molecule has 0 aliphatic rings. The van der Waals surface area contributed by atoms with Crippen molar-refractivity contribution in [3.05, 3.63) is 53.1 Å². The molecule has 21 heavy (non-hydrogen) atoms. The lowest BCUT2D eigenvalue weighted by Gasteiger charge is -2.09. The zero-order valence-corrected chi connectivity index (χ0v) is 11.1. The molecule has 0 bridgehead atoms. The molecular formula is C13H8ClF3N2O2. The van der Waals surface area contributed by atoms with Crippen molar-refractivity contribution in [1.82, 2.24) is 4.98 Å². The Morgan fingerprint density at radius 1 is 1.29 bits per heavy atom. The van der Waals surface area contributed by atoms with E-state index in [1.165, 1.54) is 24.3 Å². The molecular weight excluding hydrogens is 309 g/mol. The fourth-order valence-electron chi connectivity index (χ4n) is 1.48. The third-order valence-corrected chi connectivity index (χ3v) is 2.69. The first-order valence-electron chi connectivity index (χ1n) is 5.63. The molecule has 0 unspecified atom stereocenters. The van der Waals surface area contributed by atoms with Crippen molar-refractivity contribution < 1.29 is 22.7 Å². The number of nitrogens with one attached hydrogen (secondary N) is 1. The zero-order valence-electron chi connectivity index (χ0n) is 10.3. The minimum Gasteiger partial charge on any atom is -0.433 e. The molecule has 0 saturated heterocycles. The number of carbonyl (C=O) groups is 1. The Labute approximate surface area is 122 Å². The van der Waals surface area contributed by atoms with Crippen LogP contribution in [-0.2, 0) is 0 Å². The number of hydrogen-bond acceptors (Lipinski definition) is 3. The van der Waals surface area contributed by atoms with Gasteiger partial charge in [-0.1, -0.05) is 11.6 Å². The summed E-state index contributed by atoms with van der Waals surface area (Å²) in [5, 5.41) is 2.39. The van der Waals surface area contributed by atoms with Gasteiger partial charge >= 0.3 is 6.61 Å². The molecule has 0 atom stereocenters. The van der Waals surface area contributed by atoms with Gasteiger partial charge in [0.25, 0.3) is 5.91 Å². The summed E-state index contributed by atoms with van der Waals surface area (Å²) in [6.07, 6.45) is 1.07. The molecule has 1 heterocycles. The highest BCUT2D eigenvalue weighted by molar-refractivity contribution is 6.32. The van der Waals surface area contributed by atoms with Gasteiger partial charge in [-0.15, -0.1) is 0 Å². The normalized spacial score (nSPS) is 10.5. The maximum Gasteiger partial charge on any atom is 0.387 e. The molecule has 1 aromatic heterocycles. The number of ether oxygens (including phenoxy) is 1. The topological polar surface area (TPSA) is 51.2 Å². The summed E-state index contributed by atoms with van der Waals surface area (Å²) in [6, 6.07) is 6.11. The quantitative estimate of drug-likeness (QED) is 0.874. The molecule has 1 amide bonds. The van der Waals surface area contributed by atoms with Gasteiger partial charge in [0.05, 0.1) is 10.6 Å². The minimum atomic E-state index is -2.99. The Morgan fingerprint density at radius 2 is 2.05 bits per heavy atom. The number of anilines is 1. The van der Waals surface area contributed by atoms with Gasteiger partial charge in [0, 0.05) is 11.9 Å². The van der Waals surface area contributed by atoms with Crippen LogP contribution in [0.15, 0.2) is 36.5 Å². The van der Waals surface area contributed by atoms with E-state index < -0.39 is 18.5 Å². The van der Waals surface area contributed by atoms with Gasteiger partial charge in [-0.2, -0.15) is 13.2 Å². The predicted octanol–water partition coefficient (Wildman–Crippen LogP) is 3.73. The summed E-state index contributed by atoms with van der Waals surface area (Å²) in [7, 11) is 0. The van der Waals surface area contributed by atoms with Crippen LogP contribution in [0.1, 0.15) is 10.4 Å². The Balaban J connectivity index is 2.11. The Hall–Kier alpha value is -2.28. The first kappa shape index (κ1) is 15.1. The van der Waals surface area contributed by atoms with Gasteiger partial charge in [-0.25, -0.2) is 4.98 Å². The minimum absolute atomic E-state index is 0.0784. The first-order chi connectivity index (χ1) is 9.95. The number of amides is 1. The molecule has 0 aliphatic heterocycles. The number of hydrogen-bond donors (Lipinski definition) is 1. The highest BCUT2D eigenvalue weighted by atomic mass is 35.5. The number of nitrogens with zero attached hydrogens (tertiary/aromatic N) is 1. The molecule has 0 radical (unpaired) electrons. The van der Waals surface area contributed by atoms with Gasteiger partial charge in [0.1, 0.15) is 5.75 Å². The SMILES string of the molecule is O=C(Nc1ccc(OC(F)F)c(Cl)c1)c1ccc(F)nc1. The van der Waals surface area contributed by atoms with Crippen LogP contribution in [0.5, 0.6) is 5.75 Å². The van der Waals surface area contributed by atoms with Gasteiger partial charge in [0.2, 0.25) is 5.95 Å². The Bertz CT molecular complexity index is 650. The van der Waals surface area contributed by atoms with Crippen molar-refractivity contribution in [3.63, 3.8) is 0 Å². The molecule has 1 aromatic carbocycles. The number of rotatable bonds is 4. The second kappa shape index (κ2) is 6.45. The molecule has 2 aromatic rings. The lowest BCUT2D eigenvalue weighted by Crippen LogP contribution is -2.12. The molecule has 110 valence electrons. The van der Waals surface area contributed by atoms with Crippen molar-refractivity contribution in [2.45, 2.75) is 6.61 Å². The van der Waals surface area contributed by atoms with Crippen molar-refractivity contribution in [2.75, 3.05) is 5.32 Å². The summed E-state index contributed by atoms with van der Waals surface area (Å²) in [5.41, 5.74) is 0.413. The van der Waals surface area contributed by atoms with Crippen LogP contribution >= 0.6 is 11.6 Å². The highest BCUT2D eigenvalue weighted by Crippen LogP contribution is 2.29. The van der Waals surface area contributed by atoms with Crippen LogP contribution in [0.4, 0.5) is 18.9 Å². The van der Waals surface area contributed by atoms with E-state index in [2.05, 4.69) is 15.0 Å². The molecule has 0 saturated carbocycles. The predicted molar refractivity (Wildman–Crippen MR) is 70.2 cm³/mol. The molecule has 4 nitrogen and oxygen atoms in total. The molecule has 0 spiro atoms. The maximum absolute atomic E-state index is 12.6. The fraction of sp³-hybridized carbons (Fsp3) is 0.0769. The van der Waals surface area contributed by atoms with Crippen molar-refractivity contribution in [2.24, 2.45) is 0 Å². The summed E-state index contributed by atoms with van der Waals surface area (Å²) in [4.78, 5) is 15.2. The summed E-state index contributed by atoms with van der Waals surface area (Å²) < 4.78 is 41.0. The van der Waals surface area contributed by atoms with Crippen LogP contribution in [0.2, 0.25) is 5.02 Å². The summed E-state index contributed by atoms with van der Waals surface area (Å²) in [5.74, 6) is -1.45. The summed E-state index contributed by atoms with van der Waals surface area (Å²) in [6.45, 7) is -2.99. The lowest BCUT2D eigenvalue weighted by atomic mass is 10.2. The van der Waals surface area contributed by atoms with Crippen LogP contribution in [0.25, 0.3) is 0 Å². The number of carbonyl (C=O) groups excluding carboxylic acids is 1. The van der Waals surface area contributed by atoms with Crippen LogP contribution < -0.4 is 10.1 Å². The number of alkyl halides is 2. The number of aromatic nitrogens is 1. The van der Waals surface area contributed by atoms with Crippen LogP contribution in [-0.4, -0.2) is 17.5 Å². The number of pyridine rings is 1. The third-order valence-electron chi connectivity index (χ3n) is 2.40. The first-order valence-corrected chi connectivity index (χ1v) is 6.01. The van der Waals surface area contributed by atoms with E-state index in [0.717, 1.165) is 12.3 Å². The van der Waals surface area contributed by atoms with E-state index in [4.69, 9.17) is 11.6 Å². The molecule has 0 fully saturated rings. The third kappa shape index (κ3) is 4.09. The largest absolute Gasteiger partial charge is 0.433 e. The van der Waals surface area contributed by atoms with E-state index in [0.29, 0.717) is 0 Å². The standard InChI is InChI=1S/C13H8ClF3N2O2/c14-9-5-8(2-3-10(9)21-13(16)17)19-12(20)7-1-4-11(15)18-6-7/h1-6,13H,(H,19,20). The van der Waals surface area contributed by atoms with E-state index in [-0.39, 0.29) is 22.0 Å². The molecule has 1 N–H and O–H groups in total. The fourth-order valence-corrected chi connectivity index (χ4v) is 1.71. The second-order valence-corrected chi connectivity index (χ2v) is 4.25. The average molecular weight is 317 g/mol. The van der Waals surface area contributed by atoms with Gasteiger partial charge < -0.3 is 10.1 Å². The van der Waals surface area contributed by atoms with E-state index in [1.54, 1.807) is 0 Å². The van der Waals surface area contributed by atoms with Crippen molar-refractivity contribution >= 4 is 23.2 Å². The number of halogens is 4. The average Bonchev–Trinajstić information content (AvgIpc) is 2.42. The van der Waals surface area contributed by atoms with Gasteiger partial charge in [0.15, 0.2) is 0 Å². The smallest absolute Gasteiger partial charge is 0.387 e. The van der Waals surface area contributed by atoms with Crippen molar-refractivity contribution in [1.29, 1.82) is 0 Å². The summed E-state index contributed by atoms with van der Waals surface area (Å²) >= 11 is 5.75. The van der Waals surface area contributed by atoms with Crippen LogP contribution in [0.3, 0.4) is 0 Å². The second-order valence-electron chi connectivity index (χ2n) is 3.85. The molecule has 0 aliphatic carbocycles. The van der Waals surface area contributed by atoms with Crippen LogP contribution in [0, 0.1) is 5.95 Å². The van der Waals surface area contributed by atoms with E-state index >= 15 is 0 Å². The van der Waals surface area contributed by atoms with Gasteiger partial charge in [-0.3, -0.25) is 4.79 Å². The maximum atomic E-state index is 12.6. The Kier molecular flexibility index (Phi) is 4.64. The number of benzene rings is 1. The van der Waals surface area contributed by atoms with E-state index in [9.17, 15) is 18.0 Å². The molecule has 2 rings (SSSR count). The lowest BCUT2D eigenvalue weighted by molar-refractivity contribution is -0.0497. The highest BCUT2D eigenvalue weighted by Gasteiger charge is 2.11. The van der Waals surface area contributed by atoms with Crippen molar-refractivity contribution in [3.8, 4) is 5.75 Å². The van der Waals surface area contributed by atoms with Gasteiger partial charge in [-0.05, 0) is 30.3 Å².